The maximum Gasteiger partial charge on any atom is 0.191 e. The maximum atomic E-state index is 5.51. The average molecular weight is 313 g/mol. The topological polar surface area (TPSA) is 48.9 Å². The molecule has 0 bridgehead atoms. The highest BCUT2D eigenvalue weighted by Gasteiger charge is 2.26. The van der Waals surface area contributed by atoms with Crippen molar-refractivity contribution >= 4 is 5.96 Å². The van der Waals surface area contributed by atoms with Gasteiger partial charge in [0.2, 0.25) is 0 Å². The molecule has 0 radical (unpaired) electrons. The van der Waals surface area contributed by atoms with Gasteiger partial charge in [0.15, 0.2) is 5.96 Å². The molecule has 0 aromatic rings. The number of morpholine rings is 1. The molecule has 0 amide bonds. The van der Waals surface area contributed by atoms with Crippen LogP contribution in [-0.4, -0.2) is 63.3 Å². The average Bonchev–Trinajstić information content (AvgIpc) is 2.57. The summed E-state index contributed by atoms with van der Waals surface area (Å²) in [5.74, 6) is 1.65. The molecule has 5 nitrogen and oxygen atoms in total. The van der Waals surface area contributed by atoms with E-state index < -0.39 is 0 Å². The summed E-state index contributed by atoms with van der Waals surface area (Å²) in [6, 6.07) is 0.559. The van der Waals surface area contributed by atoms with Crippen molar-refractivity contribution in [2.75, 3.05) is 46.4 Å². The number of nitrogens with one attached hydrogen (secondary N) is 2. The van der Waals surface area contributed by atoms with Gasteiger partial charge in [-0.2, -0.15) is 0 Å². The van der Waals surface area contributed by atoms with Crippen molar-refractivity contribution < 1.29 is 4.74 Å². The molecule has 1 heterocycles. The second-order valence-corrected chi connectivity index (χ2v) is 6.03. The summed E-state index contributed by atoms with van der Waals surface area (Å²) in [7, 11) is 1.85. The van der Waals surface area contributed by atoms with Crippen molar-refractivity contribution in [1.29, 1.82) is 0 Å². The first-order valence-electron chi connectivity index (χ1n) is 9.03. The van der Waals surface area contributed by atoms with Gasteiger partial charge in [-0.15, -0.1) is 0 Å². The number of unbranched alkanes of at least 4 members (excludes halogenated alkanes) is 1. The van der Waals surface area contributed by atoms with Gasteiger partial charge in [-0.3, -0.25) is 9.89 Å². The van der Waals surface area contributed by atoms with Gasteiger partial charge in [-0.25, -0.2) is 0 Å². The van der Waals surface area contributed by atoms with Crippen molar-refractivity contribution in [2.45, 2.75) is 52.5 Å². The molecule has 0 aliphatic carbocycles. The minimum Gasteiger partial charge on any atom is -0.379 e. The predicted molar refractivity (Wildman–Crippen MR) is 94.5 cm³/mol. The number of hydrogen-bond donors (Lipinski definition) is 2. The van der Waals surface area contributed by atoms with E-state index in [1.54, 1.807) is 0 Å². The fourth-order valence-corrected chi connectivity index (χ4v) is 3.14. The standard InChI is InChI=1S/C17H36N4O/c1-5-8-9-19-17(18-4)20-14-16(15(6-2)7-3)21-10-12-22-13-11-21/h15-16H,5-14H2,1-4H3,(H2,18,19,20). The summed E-state index contributed by atoms with van der Waals surface area (Å²) in [4.78, 5) is 6.93. The molecule has 5 heteroatoms. The summed E-state index contributed by atoms with van der Waals surface area (Å²) in [6.45, 7) is 12.6. The number of aliphatic imine (C=N–C) groups is 1. The van der Waals surface area contributed by atoms with Crippen LogP contribution in [0.4, 0.5) is 0 Å². The summed E-state index contributed by atoms with van der Waals surface area (Å²) in [6.07, 6.45) is 4.83. The van der Waals surface area contributed by atoms with Gasteiger partial charge in [-0.1, -0.05) is 40.0 Å². The van der Waals surface area contributed by atoms with Crippen LogP contribution in [0, 0.1) is 5.92 Å². The molecule has 22 heavy (non-hydrogen) atoms. The highest BCUT2D eigenvalue weighted by molar-refractivity contribution is 5.79. The van der Waals surface area contributed by atoms with E-state index in [9.17, 15) is 0 Å². The Morgan fingerprint density at radius 1 is 1.14 bits per heavy atom. The summed E-state index contributed by atoms with van der Waals surface area (Å²) >= 11 is 0. The number of rotatable bonds is 9. The molecule has 1 atom stereocenters. The Hall–Kier alpha value is -0.810. The smallest absolute Gasteiger partial charge is 0.191 e. The van der Waals surface area contributed by atoms with Gasteiger partial charge in [0, 0.05) is 39.3 Å². The monoisotopic (exact) mass is 312 g/mol. The Labute approximate surface area is 136 Å². The molecule has 0 saturated carbocycles. The molecule has 1 aliphatic rings. The van der Waals surface area contributed by atoms with Crippen molar-refractivity contribution in [3.05, 3.63) is 0 Å². The molecule has 0 spiro atoms. The van der Waals surface area contributed by atoms with E-state index in [1.807, 2.05) is 7.05 Å². The molecule has 1 fully saturated rings. The Morgan fingerprint density at radius 3 is 2.36 bits per heavy atom. The zero-order valence-electron chi connectivity index (χ0n) is 15.0. The normalized spacial score (nSPS) is 18.5. The second kappa shape index (κ2) is 11.7. The third-order valence-electron chi connectivity index (χ3n) is 4.63. The number of hydrogen-bond acceptors (Lipinski definition) is 3. The van der Waals surface area contributed by atoms with Gasteiger partial charge in [-0.05, 0) is 12.3 Å². The lowest BCUT2D eigenvalue weighted by molar-refractivity contribution is 0.00272. The highest BCUT2D eigenvalue weighted by atomic mass is 16.5. The summed E-state index contributed by atoms with van der Waals surface area (Å²) in [5.41, 5.74) is 0. The van der Waals surface area contributed by atoms with Gasteiger partial charge >= 0.3 is 0 Å². The van der Waals surface area contributed by atoms with Gasteiger partial charge < -0.3 is 15.4 Å². The molecule has 1 rings (SSSR count). The van der Waals surface area contributed by atoms with E-state index in [0.717, 1.165) is 51.3 Å². The molecule has 1 aliphatic heterocycles. The molecular weight excluding hydrogens is 276 g/mol. The third-order valence-corrected chi connectivity index (χ3v) is 4.63. The lowest BCUT2D eigenvalue weighted by Crippen LogP contribution is -2.53. The Balaban J connectivity index is 2.55. The highest BCUT2D eigenvalue weighted by Crippen LogP contribution is 2.19. The molecular formula is C17H36N4O. The number of nitrogens with zero attached hydrogens (tertiary/aromatic N) is 2. The van der Waals surface area contributed by atoms with Crippen molar-refractivity contribution in [2.24, 2.45) is 10.9 Å². The lowest BCUT2D eigenvalue weighted by atomic mass is 9.92. The first kappa shape index (κ1) is 19.2. The Bertz CT molecular complexity index is 299. The SMILES string of the molecule is CCCCNC(=NC)NCC(C(CC)CC)N1CCOCC1. The molecule has 1 unspecified atom stereocenters. The summed E-state index contributed by atoms with van der Waals surface area (Å²) < 4.78 is 5.51. The van der Waals surface area contributed by atoms with E-state index in [4.69, 9.17) is 4.74 Å². The van der Waals surface area contributed by atoms with Crippen LogP contribution in [0.3, 0.4) is 0 Å². The molecule has 130 valence electrons. The maximum absolute atomic E-state index is 5.51. The zero-order chi connectivity index (χ0) is 16.2. The molecule has 0 aromatic carbocycles. The van der Waals surface area contributed by atoms with Crippen molar-refractivity contribution in [3.63, 3.8) is 0 Å². The van der Waals surface area contributed by atoms with Gasteiger partial charge in [0.25, 0.3) is 0 Å². The second-order valence-electron chi connectivity index (χ2n) is 6.03. The van der Waals surface area contributed by atoms with E-state index in [1.165, 1.54) is 25.7 Å². The van der Waals surface area contributed by atoms with Gasteiger partial charge in [0.05, 0.1) is 13.2 Å². The van der Waals surface area contributed by atoms with Crippen LogP contribution in [0.5, 0.6) is 0 Å². The number of guanidine groups is 1. The first-order valence-corrected chi connectivity index (χ1v) is 9.03. The number of ether oxygens (including phenoxy) is 1. The minimum atomic E-state index is 0.559. The quantitative estimate of drug-likeness (QED) is 0.389. The van der Waals surface area contributed by atoms with Crippen molar-refractivity contribution in [3.8, 4) is 0 Å². The van der Waals surface area contributed by atoms with E-state index >= 15 is 0 Å². The van der Waals surface area contributed by atoms with Crippen LogP contribution in [0.25, 0.3) is 0 Å². The first-order chi connectivity index (χ1) is 10.8. The predicted octanol–water partition coefficient (Wildman–Crippen LogP) is 2.09. The van der Waals surface area contributed by atoms with Crippen LogP contribution >= 0.6 is 0 Å². The lowest BCUT2D eigenvalue weighted by Gasteiger charge is -2.39. The molecule has 2 N–H and O–H groups in total. The fraction of sp³-hybridized carbons (Fsp3) is 0.941. The van der Waals surface area contributed by atoms with Crippen LogP contribution in [0.2, 0.25) is 0 Å². The van der Waals surface area contributed by atoms with Crippen LogP contribution in [0.1, 0.15) is 46.5 Å². The van der Waals surface area contributed by atoms with Crippen LogP contribution in [-0.2, 0) is 4.74 Å². The van der Waals surface area contributed by atoms with Crippen LogP contribution < -0.4 is 10.6 Å². The molecule has 0 aromatic heterocycles. The van der Waals surface area contributed by atoms with E-state index in [-0.39, 0.29) is 0 Å². The minimum absolute atomic E-state index is 0.559. The van der Waals surface area contributed by atoms with E-state index in [2.05, 4.69) is 41.3 Å². The Kier molecular flexibility index (Phi) is 10.2. The summed E-state index contributed by atoms with van der Waals surface area (Å²) in [5, 5.41) is 6.93. The third kappa shape index (κ3) is 6.53. The molecule has 1 saturated heterocycles. The largest absolute Gasteiger partial charge is 0.379 e. The Morgan fingerprint density at radius 2 is 1.82 bits per heavy atom. The van der Waals surface area contributed by atoms with Crippen LogP contribution in [0.15, 0.2) is 4.99 Å². The van der Waals surface area contributed by atoms with E-state index in [0.29, 0.717) is 6.04 Å². The van der Waals surface area contributed by atoms with Crippen molar-refractivity contribution in [1.82, 2.24) is 15.5 Å². The van der Waals surface area contributed by atoms with Gasteiger partial charge in [0.1, 0.15) is 0 Å². The fourth-order valence-electron chi connectivity index (χ4n) is 3.14. The zero-order valence-corrected chi connectivity index (χ0v) is 15.0.